The second-order valence-corrected chi connectivity index (χ2v) is 11.4. The van der Waals surface area contributed by atoms with Crippen molar-refractivity contribution in [3.63, 3.8) is 0 Å². The van der Waals surface area contributed by atoms with Gasteiger partial charge in [0.25, 0.3) is 5.19 Å². The number of benzene rings is 1. The fraction of sp³-hybridized carbons (Fsp3) is 0.619. The highest BCUT2D eigenvalue weighted by atomic mass is 32.2. The van der Waals surface area contributed by atoms with E-state index < -0.39 is 10.0 Å². The van der Waals surface area contributed by atoms with Crippen molar-refractivity contribution in [2.24, 2.45) is 5.92 Å². The number of likely N-dealkylation sites (tertiary alicyclic amines) is 1. The maximum atomic E-state index is 12.9. The first kappa shape index (κ1) is 21.5. The van der Waals surface area contributed by atoms with E-state index in [0.717, 1.165) is 23.9 Å². The summed E-state index contributed by atoms with van der Waals surface area (Å²) in [4.78, 5) is 19.5. The number of nitrogens with zero attached hydrogens (tertiary/aromatic N) is 3. The minimum atomic E-state index is -3.17. The van der Waals surface area contributed by atoms with E-state index in [0.29, 0.717) is 44.2 Å². The minimum Gasteiger partial charge on any atom is -0.467 e. The summed E-state index contributed by atoms with van der Waals surface area (Å²) < 4.78 is 32.1. The Labute approximate surface area is 182 Å². The SMILES string of the molecule is Cc1ccc(C)c2sc(OC3CCN(C(=O)C4CCN(S(C)(=O)=O)CC4)CC3)nc12. The highest BCUT2D eigenvalue weighted by Crippen LogP contribution is 2.34. The standard InChI is InChI=1S/C21H29N3O4S2/c1-14-4-5-15(2)19-18(14)22-21(29-19)28-17-8-10-23(11-9-17)20(25)16-6-12-24(13-7-16)30(3,26)27/h4-5,16-17H,6-13H2,1-3H3. The molecule has 2 aliphatic heterocycles. The lowest BCUT2D eigenvalue weighted by molar-refractivity contribution is -0.138. The summed E-state index contributed by atoms with van der Waals surface area (Å²) in [5, 5.41) is 0.709. The van der Waals surface area contributed by atoms with Gasteiger partial charge in [-0.3, -0.25) is 4.79 Å². The van der Waals surface area contributed by atoms with Crippen LogP contribution in [0.3, 0.4) is 0 Å². The molecular formula is C21H29N3O4S2. The number of carbonyl (C=O) groups is 1. The van der Waals surface area contributed by atoms with Crippen LogP contribution in [0.2, 0.25) is 0 Å². The highest BCUT2D eigenvalue weighted by molar-refractivity contribution is 7.88. The lowest BCUT2D eigenvalue weighted by atomic mass is 9.95. The molecule has 1 aromatic heterocycles. The van der Waals surface area contributed by atoms with Crippen LogP contribution in [0.15, 0.2) is 12.1 Å². The molecule has 1 amide bonds. The van der Waals surface area contributed by atoms with Gasteiger partial charge in [-0.25, -0.2) is 17.7 Å². The van der Waals surface area contributed by atoms with Gasteiger partial charge in [-0.15, -0.1) is 0 Å². The van der Waals surface area contributed by atoms with E-state index in [1.807, 2.05) is 4.90 Å². The van der Waals surface area contributed by atoms with Gasteiger partial charge in [0.15, 0.2) is 0 Å². The quantitative estimate of drug-likeness (QED) is 0.714. The first-order valence-electron chi connectivity index (χ1n) is 10.5. The summed E-state index contributed by atoms with van der Waals surface area (Å²) in [6, 6.07) is 4.20. The largest absolute Gasteiger partial charge is 0.467 e. The van der Waals surface area contributed by atoms with Crippen molar-refractivity contribution >= 4 is 37.5 Å². The Morgan fingerprint density at radius 1 is 1.07 bits per heavy atom. The van der Waals surface area contributed by atoms with Crippen LogP contribution in [0.5, 0.6) is 5.19 Å². The molecule has 3 heterocycles. The van der Waals surface area contributed by atoms with Gasteiger partial charge in [0.1, 0.15) is 6.10 Å². The van der Waals surface area contributed by atoms with E-state index in [4.69, 9.17) is 4.74 Å². The van der Waals surface area contributed by atoms with Crippen molar-refractivity contribution in [1.82, 2.24) is 14.2 Å². The average molecular weight is 452 g/mol. The topological polar surface area (TPSA) is 79.8 Å². The van der Waals surface area contributed by atoms with Gasteiger partial charge in [0.05, 0.1) is 16.5 Å². The lowest BCUT2D eigenvalue weighted by Crippen LogP contribution is -2.47. The maximum Gasteiger partial charge on any atom is 0.274 e. The van der Waals surface area contributed by atoms with E-state index in [2.05, 4.69) is 31.0 Å². The van der Waals surface area contributed by atoms with E-state index in [9.17, 15) is 13.2 Å². The number of hydrogen-bond donors (Lipinski definition) is 0. The second-order valence-electron chi connectivity index (χ2n) is 8.44. The molecule has 4 rings (SSSR count). The van der Waals surface area contributed by atoms with Crippen molar-refractivity contribution in [3.05, 3.63) is 23.3 Å². The van der Waals surface area contributed by atoms with Crippen molar-refractivity contribution in [2.75, 3.05) is 32.4 Å². The summed E-state index contributed by atoms with van der Waals surface area (Å²) in [7, 11) is -3.17. The molecule has 0 saturated carbocycles. The zero-order valence-electron chi connectivity index (χ0n) is 17.8. The van der Waals surface area contributed by atoms with Gasteiger partial charge in [-0.2, -0.15) is 0 Å². The molecule has 2 aliphatic rings. The van der Waals surface area contributed by atoms with Gasteiger partial charge < -0.3 is 9.64 Å². The molecule has 0 bridgehead atoms. The van der Waals surface area contributed by atoms with Crippen LogP contribution in [0, 0.1) is 19.8 Å². The van der Waals surface area contributed by atoms with Gasteiger partial charge in [0, 0.05) is 44.9 Å². The summed E-state index contributed by atoms with van der Waals surface area (Å²) >= 11 is 1.60. The van der Waals surface area contributed by atoms with Crippen LogP contribution in [-0.2, 0) is 14.8 Å². The molecule has 0 N–H and O–H groups in total. The maximum absolute atomic E-state index is 12.9. The first-order valence-corrected chi connectivity index (χ1v) is 13.2. The third kappa shape index (κ3) is 4.48. The number of piperidine rings is 2. The van der Waals surface area contributed by atoms with Crippen molar-refractivity contribution in [1.29, 1.82) is 0 Å². The van der Waals surface area contributed by atoms with Crippen LogP contribution >= 0.6 is 11.3 Å². The van der Waals surface area contributed by atoms with Gasteiger partial charge >= 0.3 is 0 Å². The van der Waals surface area contributed by atoms with Crippen LogP contribution < -0.4 is 4.74 Å². The van der Waals surface area contributed by atoms with E-state index in [1.54, 1.807) is 11.3 Å². The summed E-state index contributed by atoms with van der Waals surface area (Å²) in [5.74, 6) is 0.0866. The number of fused-ring (bicyclic) bond motifs is 1. The molecule has 2 fully saturated rings. The highest BCUT2D eigenvalue weighted by Gasteiger charge is 2.33. The third-order valence-corrected chi connectivity index (χ3v) is 8.60. The number of aryl methyl sites for hydroxylation is 2. The molecule has 0 radical (unpaired) electrons. The Morgan fingerprint density at radius 3 is 2.30 bits per heavy atom. The molecule has 2 aromatic rings. The minimum absolute atomic E-state index is 0.0716. The summed E-state index contributed by atoms with van der Waals surface area (Å²) in [5.41, 5.74) is 3.39. The number of aromatic nitrogens is 1. The van der Waals surface area contributed by atoms with E-state index >= 15 is 0 Å². The fourth-order valence-electron chi connectivity index (χ4n) is 4.32. The predicted octanol–water partition coefficient (Wildman–Crippen LogP) is 2.95. The molecule has 164 valence electrons. The molecule has 0 spiro atoms. The summed E-state index contributed by atoms with van der Waals surface area (Å²) in [6.07, 6.45) is 4.10. The Kier molecular flexibility index (Phi) is 6.05. The lowest BCUT2D eigenvalue weighted by Gasteiger charge is -2.36. The summed E-state index contributed by atoms with van der Waals surface area (Å²) in [6.45, 7) is 6.39. The predicted molar refractivity (Wildman–Crippen MR) is 118 cm³/mol. The number of rotatable bonds is 4. The molecule has 7 nitrogen and oxygen atoms in total. The zero-order valence-corrected chi connectivity index (χ0v) is 19.4. The van der Waals surface area contributed by atoms with Crippen LogP contribution in [0.1, 0.15) is 36.8 Å². The Hall–Kier alpha value is -1.71. The molecule has 2 saturated heterocycles. The molecule has 0 aliphatic carbocycles. The number of thiazole rings is 1. The van der Waals surface area contributed by atoms with Crippen LogP contribution in [-0.4, -0.2) is 67.1 Å². The van der Waals surface area contributed by atoms with Crippen LogP contribution in [0.4, 0.5) is 0 Å². The normalized spacial score (nSPS) is 20.0. The average Bonchev–Trinajstić information content (AvgIpc) is 3.15. The molecule has 9 heteroatoms. The number of ether oxygens (including phenoxy) is 1. The molecular weight excluding hydrogens is 422 g/mol. The fourth-order valence-corrected chi connectivity index (χ4v) is 6.22. The monoisotopic (exact) mass is 451 g/mol. The third-order valence-electron chi connectivity index (χ3n) is 6.22. The van der Waals surface area contributed by atoms with Crippen molar-refractivity contribution < 1.29 is 17.9 Å². The molecule has 30 heavy (non-hydrogen) atoms. The van der Waals surface area contributed by atoms with Crippen molar-refractivity contribution in [2.45, 2.75) is 45.6 Å². The molecule has 0 atom stereocenters. The second kappa shape index (κ2) is 8.43. The van der Waals surface area contributed by atoms with Gasteiger partial charge in [-0.05, 0) is 37.8 Å². The number of amides is 1. The number of sulfonamides is 1. The zero-order chi connectivity index (χ0) is 21.5. The Bertz CT molecular complexity index is 995. The van der Waals surface area contributed by atoms with E-state index in [1.165, 1.54) is 20.8 Å². The van der Waals surface area contributed by atoms with Gasteiger partial charge in [0.2, 0.25) is 15.9 Å². The Morgan fingerprint density at radius 2 is 1.70 bits per heavy atom. The first-order chi connectivity index (χ1) is 14.2. The van der Waals surface area contributed by atoms with E-state index in [-0.39, 0.29) is 17.9 Å². The number of carbonyl (C=O) groups excluding carboxylic acids is 1. The van der Waals surface area contributed by atoms with Crippen LogP contribution in [0.25, 0.3) is 10.2 Å². The Balaban J connectivity index is 1.31. The van der Waals surface area contributed by atoms with Crippen molar-refractivity contribution in [3.8, 4) is 5.19 Å². The smallest absolute Gasteiger partial charge is 0.274 e. The number of hydrogen-bond acceptors (Lipinski definition) is 6. The molecule has 1 aromatic carbocycles. The van der Waals surface area contributed by atoms with Gasteiger partial charge in [-0.1, -0.05) is 23.5 Å². The molecule has 0 unspecified atom stereocenters.